The first kappa shape index (κ1) is 15.3. The van der Waals surface area contributed by atoms with Gasteiger partial charge in [0.2, 0.25) is 5.91 Å². The maximum atomic E-state index is 12.5. The Kier molecular flexibility index (Phi) is 5.14. The number of nitrogens with zero attached hydrogens (tertiary/aromatic N) is 2. The molecule has 0 aromatic heterocycles. The molecule has 2 unspecified atom stereocenters. The molecule has 0 spiro atoms. The van der Waals surface area contributed by atoms with Crippen molar-refractivity contribution in [3.05, 3.63) is 0 Å². The molecule has 3 aliphatic rings. The van der Waals surface area contributed by atoms with Gasteiger partial charge < -0.3 is 14.7 Å². The molecule has 0 radical (unpaired) electrons. The van der Waals surface area contributed by atoms with Gasteiger partial charge in [-0.15, -0.1) is 0 Å². The summed E-state index contributed by atoms with van der Waals surface area (Å²) in [5.41, 5.74) is 0. The monoisotopic (exact) mass is 296 g/mol. The summed E-state index contributed by atoms with van der Waals surface area (Å²) in [6.45, 7) is 4.78. The van der Waals surface area contributed by atoms with Gasteiger partial charge in [-0.1, -0.05) is 12.8 Å². The SMILES string of the molecule is O=C(C1CCN(C2CCCCC2O)CC1)N1CCOCC1. The molecule has 0 aromatic rings. The van der Waals surface area contributed by atoms with E-state index in [0.717, 1.165) is 58.3 Å². The lowest BCUT2D eigenvalue weighted by Crippen LogP contribution is -2.51. The molecular weight excluding hydrogens is 268 g/mol. The van der Waals surface area contributed by atoms with Crippen LogP contribution in [0.4, 0.5) is 0 Å². The highest BCUT2D eigenvalue weighted by molar-refractivity contribution is 5.79. The van der Waals surface area contributed by atoms with Crippen LogP contribution in [0.2, 0.25) is 0 Å². The van der Waals surface area contributed by atoms with Crippen molar-refractivity contribution in [1.29, 1.82) is 0 Å². The number of carbonyl (C=O) groups excluding carboxylic acids is 1. The second-order valence-corrected chi connectivity index (χ2v) is 6.67. The van der Waals surface area contributed by atoms with E-state index in [4.69, 9.17) is 4.74 Å². The Morgan fingerprint density at radius 1 is 0.952 bits per heavy atom. The maximum Gasteiger partial charge on any atom is 0.225 e. The van der Waals surface area contributed by atoms with Crippen molar-refractivity contribution in [3.63, 3.8) is 0 Å². The summed E-state index contributed by atoms with van der Waals surface area (Å²) in [5, 5.41) is 10.2. The molecule has 2 saturated heterocycles. The predicted molar refractivity (Wildman–Crippen MR) is 80.0 cm³/mol. The molecule has 2 aliphatic heterocycles. The smallest absolute Gasteiger partial charge is 0.225 e. The molecule has 3 fully saturated rings. The molecule has 120 valence electrons. The second kappa shape index (κ2) is 7.07. The molecule has 1 amide bonds. The van der Waals surface area contributed by atoms with Crippen molar-refractivity contribution in [2.45, 2.75) is 50.7 Å². The van der Waals surface area contributed by atoms with E-state index in [9.17, 15) is 9.90 Å². The summed E-state index contributed by atoms with van der Waals surface area (Å²) in [6, 6.07) is 0.332. The molecule has 2 heterocycles. The summed E-state index contributed by atoms with van der Waals surface area (Å²) in [7, 11) is 0. The molecule has 5 heteroatoms. The number of ether oxygens (including phenoxy) is 1. The molecule has 2 atom stereocenters. The number of aliphatic hydroxyl groups is 1. The van der Waals surface area contributed by atoms with E-state index >= 15 is 0 Å². The highest BCUT2D eigenvalue weighted by atomic mass is 16.5. The molecule has 21 heavy (non-hydrogen) atoms. The van der Waals surface area contributed by atoms with E-state index in [1.165, 1.54) is 6.42 Å². The summed E-state index contributed by atoms with van der Waals surface area (Å²) in [6.07, 6.45) is 6.17. The summed E-state index contributed by atoms with van der Waals surface area (Å²) in [5.74, 6) is 0.502. The van der Waals surface area contributed by atoms with Crippen molar-refractivity contribution in [1.82, 2.24) is 9.80 Å². The Morgan fingerprint density at radius 3 is 2.29 bits per heavy atom. The average molecular weight is 296 g/mol. The van der Waals surface area contributed by atoms with Crippen LogP contribution in [0.5, 0.6) is 0 Å². The quantitative estimate of drug-likeness (QED) is 0.821. The van der Waals surface area contributed by atoms with Crippen molar-refractivity contribution in [2.75, 3.05) is 39.4 Å². The van der Waals surface area contributed by atoms with E-state index in [1.54, 1.807) is 0 Å². The summed E-state index contributed by atoms with van der Waals surface area (Å²) >= 11 is 0. The molecule has 1 saturated carbocycles. The van der Waals surface area contributed by atoms with Gasteiger partial charge in [0.15, 0.2) is 0 Å². The number of morpholine rings is 1. The van der Waals surface area contributed by atoms with E-state index in [2.05, 4.69) is 4.90 Å². The predicted octanol–water partition coefficient (Wildman–Crippen LogP) is 0.861. The minimum absolute atomic E-state index is 0.162. The number of hydrogen-bond acceptors (Lipinski definition) is 4. The standard InChI is InChI=1S/C16H28N2O3/c19-15-4-2-1-3-14(15)17-7-5-13(6-8-17)16(20)18-9-11-21-12-10-18/h13-15,19H,1-12H2. The third-order valence-electron chi connectivity index (χ3n) is 5.36. The van der Waals surface area contributed by atoms with Crippen LogP contribution in [0, 0.1) is 5.92 Å². The zero-order valence-electron chi connectivity index (χ0n) is 12.9. The van der Waals surface area contributed by atoms with Crippen LogP contribution in [0.3, 0.4) is 0 Å². The fourth-order valence-electron chi connectivity index (χ4n) is 4.04. The van der Waals surface area contributed by atoms with Crippen molar-refractivity contribution < 1.29 is 14.6 Å². The van der Waals surface area contributed by atoms with E-state index in [-0.39, 0.29) is 12.0 Å². The van der Waals surface area contributed by atoms with Crippen molar-refractivity contribution in [3.8, 4) is 0 Å². The largest absolute Gasteiger partial charge is 0.391 e. The van der Waals surface area contributed by atoms with Crippen molar-refractivity contribution in [2.24, 2.45) is 5.92 Å². The lowest BCUT2D eigenvalue weighted by Gasteiger charge is -2.42. The fourth-order valence-corrected chi connectivity index (χ4v) is 4.04. The van der Waals surface area contributed by atoms with Crippen LogP contribution in [-0.4, -0.2) is 72.4 Å². The van der Waals surface area contributed by atoms with Crippen LogP contribution in [0.25, 0.3) is 0 Å². The van der Waals surface area contributed by atoms with Gasteiger partial charge in [-0.2, -0.15) is 0 Å². The normalized spacial score (nSPS) is 33.1. The Hall–Kier alpha value is -0.650. The lowest BCUT2D eigenvalue weighted by molar-refractivity contribution is -0.141. The number of carbonyl (C=O) groups is 1. The van der Waals surface area contributed by atoms with E-state index in [0.29, 0.717) is 25.2 Å². The highest BCUT2D eigenvalue weighted by Crippen LogP contribution is 2.28. The van der Waals surface area contributed by atoms with Gasteiger partial charge in [-0.05, 0) is 38.8 Å². The van der Waals surface area contributed by atoms with Gasteiger partial charge in [-0.3, -0.25) is 9.69 Å². The van der Waals surface area contributed by atoms with Gasteiger partial charge >= 0.3 is 0 Å². The van der Waals surface area contributed by atoms with Gasteiger partial charge in [-0.25, -0.2) is 0 Å². The number of likely N-dealkylation sites (tertiary alicyclic amines) is 1. The first-order valence-corrected chi connectivity index (χ1v) is 8.54. The molecule has 0 aromatic carbocycles. The lowest BCUT2D eigenvalue weighted by atomic mass is 9.88. The highest BCUT2D eigenvalue weighted by Gasteiger charge is 2.34. The van der Waals surface area contributed by atoms with Gasteiger partial charge in [0.05, 0.1) is 19.3 Å². The topological polar surface area (TPSA) is 53.0 Å². The van der Waals surface area contributed by atoms with Gasteiger partial charge in [0.25, 0.3) is 0 Å². The number of rotatable bonds is 2. The van der Waals surface area contributed by atoms with Gasteiger partial charge in [0.1, 0.15) is 0 Å². The molecule has 3 rings (SSSR count). The summed E-state index contributed by atoms with van der Waals surface area (Å²) in [4.78, 5) is 16.9. The minimum atomic E-state index is -0.162. The molecule has 1 aliphatic carbocycles. The number of piperidine rings is 1. The second-order valence-electron chi connectivity index (χ2n) is 6.67. The Bertz CT molecular complexity index is 349. The third kappa shape index (κ3) is 3.58. The maximum absolute atomic E-state index is 12.5. The van der Waals surface area contributed by atoms with Crippen LogP contribution in [0.1, 0.15) is 38.5 Å². The molecular formula is C16H28N2O3. The Morgan fingerprint density at radius 2 is 1.62 bits per heavy atom. The number of aliphatic hydroxyl groups excluding tert-OH is 1. The Labute approximate surface area is 127 Å². The van der Waals surface area contributed by atoms with E-state index in [1.807, 2.05) is 4.90 Å². The van der Waals surface area contributed by atoms with E-state index < -0.39 is 0 Å². The summed E-state index contributed by atoms with van der Waals surface area (Å²) < 4.78 is 5.32. The van der Waals surface area contributed by atoms with Gasteiger partial charge in [0, 0.05) is 25.0 Å². The minimum Gasteiger partial charge on any atom is -0.391 e. The molecule has 1 N–H and O–H groups in total. The zero-order valence-corrected chi connectivity index (χ0v) is 12.9. The first-order valence-electron chi connectivity index (χ1n) is 8.54. The fraction of sp³-hybridized carbons (Fsp3) is 0.938. The number of amides is 1. The first-order chi connectivity index (χ1) is 10.3. The van der Waals surface area contributed by atoms with Crippen LogP contribution in [0.15, 0.2) is 0 Å². The Balaban J connectivity index is 1.49. The third-order valence-corrected chi connectivity index (χ3v) is 5.36. The van der Waals surface area contributed by atoms with Crippen LogP contribution < -0.4 is 0 Å². The molecule has 5 nitrogen and oxygen atoms in total. The average Bonchev–Trinajstić information content (AvgIpc) is 2.56. The van der Waals surface area contributed by atoms with Crippen molar-refractivity contribution >= 4 is 5.91 Å². The number of hydrogen-bond donors (Lipinski definition) is 1. The zero-order chi connectivity index (χ0) is 14.7. The molecule has 0 bridgehead atoms. The van der Waals surface area contributed by atoms with Crippen LogP contribution >= 0.6 is 0 Å². The van der Waals surface area contributed by atoms with Crippen LogP contribution in [-0.2, 0) is 9.53 Å².